The summed E-state index contributed by atoms with van der Waals surface area (Å²) in [6, 6.07) is 14.9. The number of hydrogen-bond donors (Lipinski definition) is 2. The lowest BCUT2D eigenvalue weighted by Gasteiger charge is -2.21. The molecule has 150 valence electrons. The fraction of sp³-hybridized carbons (Fsp3) is 0.391. The minimum Gasteiger partial charge on any atom is -0.378 e. The van der Waals surface area contributed by atoms with E-state index in [2.05, 4.69) is 10.6 Å². The van der Waals surface area contributed by atoms with Crippen LogP contribution in [-0.4, -0.2) is 32.0 Å². The Labute approximate surface area is 168 Å². The van der Waals surface area contributed by atoms with Crippen molar-refractivity contribution in [1.82, 2.24) is 10.6 Å². The molecule has 2 aromatic carbocycles. The highest BCUT2D eigenvalue weighted by Crippen LogP contribution is 2.13. The number of nitrogens with zero attached hydrogens (tertiary/aromatic N) is 1. The number of anilines is 1. The zero-order chi connectivity index (χ0) is 20.7. The maximum atomic E-state index is 12.7. The Hall–Kier alpha value is -2.82. The first-order chi connectivity index (χ1) is 13.3. The Balaban J connectivity index is 2.02. The molecule has 5 nitrogen and oxygen atoms in total. The topological polar surface area (TPSA) is 61.4 Å². The van der Waals surface area contributed by atoms with Gasteiger partial charge in [0.1, 0.15) is 6.04 Å². The molecular weight excluding hydrogens is 350 g/mol. The SMILES string of the molecule is Cc1ccccc1C(=O)N[C@@H](CC(C)C)C(=O)NCc1ccc(N(C)C)cc1. The molecule has 2 amide bonds. The first-order valence-corrected chi connectivity index (χ1v) is 9.68. The molecule has 0 saturated heterocycles. The van der Waals surface area contributed by atoms with Crippen molar-refractivity contribution in [2.45, 2.75) is 39.8 Å². The van der Waals surface area contributed by atoms with Gasteiger partial charge in [-0.25, -0.2) is 0 Å². The van der Waals surface area contributed by atoms with E-state index in [4.69, 9.17) is 0 Å². The van der Waals surface area contributed by atoms with Gasteiger partial charge < -0.3 is 15.5 Å². The highest BCUT2D eigenvalue weighted by molar-refractivity contribution is 5.98. The van der Waals surface area contributed by atoms with Crippen LogP contribution in [0.4, 0.5) is 5.69 Å². The van der Waals surface area contributed by atoms with E-state index < -0.39 is 6.04 Å². The molecule has 0 aliphatic carbocycles. The highest BCUT2D eigenvalue weighted by atomic mass is 16.2. The molecule has 2 N–H and O–H groups in total. The van der Waals surface area contributed by atoms with Gasteiger partial charge in [0.2, 0.25) is 5.91 Å². The third kappa shape index (κ3) is 6.12. The summed E-state index contributed by atoms with van der Waals surface area (Å²) in [4.78, 5) is 27.4. The summed E-state index contributed by atoms with van der Waals surface area (Å²) in [7, 11) is 3.98. The van der Waals surface area contributed by atoms with Crippen LogP contribution in [-0.2, 0) is 11.3 Å². The summed E-state index contributed by atoms with van der Waals surface area (Å²) in [6.07, 6.45) is 0.586. The lowest BCUT2D eigenvalue weighted by molar-refractivity contribution is -0.123. The second kappa shape index (κ2) is 9.93. The van der Waals surface area contributed by atoms with Crippen LogP contribution in [0.1, 0.15) is 41.8 Å². The van der Waals surface area contributed by atoms with Crippen LogP contribution in [0.15, 0.2) is 48.5 Å². The average molecular weight is 382 g/mol. The van der Waals surface area contributed by atoms with E-state index >= 15 is 0 Å². The number of aryl methyl sites for hydroxylation is 1. The van der Waals surface area contributed by atoms with Crippen LogP contribution in [0.25, 0.3) is 0 Å². The van der Waals surface area contributed by atoms with E-state index in [1.807, 2.05) is 82.2 Å². The van der Waals surface area contributed by atoms with Crippen LogP contribution in [0.5, 0.6) is 0 Å². The van der Waals surface area contributed by atoms with Crippen LogP contribution in [0.2, 0.25) is 0 Å². The van der Waals surface area contributed by atoms with Crippen molar-refractivity contribution in [2.24, 2.45) is 5.92 Å². The van der Waals surface area contributed by atoms with Gasteiger partial charge in [0, 0.05) is 31.9 Å². The smallest absolute Gasteiger partial charge is 0.252 e. The molecule has 2 rings (SSSR count). The summed E-state index contributed by atoms with van der Waals surface area (Å²) in [5.41, 5.74) is 3.62. The molecule has 0 aliphatic heterocycles. The highest BCUT2D eigenvalue weighted by Gasteiger charge is 2.23. The Morgan fingerprint density at radius 3 is 2.21 bits per heavy atom. The maximum Gasteiger partial charge on any atom is 0.252 e. The number of rotatable bonds is 8. The van der Waals surface area contributed by atoms with Crippen molar-refractivity contribution >= 4 is 17.5 Å². The minimum absolute atomic E-state index is 0.160. The summed E-state index contributed by atoms with van der Waals surface area (Å²) in [5.74, 6) is -0.0890. The second-order valence-electron chi connectivity index (χ2n) is 7.75. The molecule has 0 aromatic heterocycles. The first-order valence-electron chi connectivity index (χ1n) is 9.68. The van der Waals surface area contributed by atoms with Crippen LogP contribution in [0.3, 0.4) is 0 Å². The molecule has 0 saturated carbocycles. The van der Waals surface area contributed by atoms with E-state index in [1.54, 1.807) is 6.07 Å². The number of benzene rings is 2. The zero-order valence-electron chi connectivity index (χ0n) is 17.5. The number of hydrogen-bond acceptors (Lipinski definition) is 3. The van der Waals surface area contributed by atoms with Crippen LogP contribution >= 0.6 is 0 Å². The molecule has 1 atom stereocenters. The molecular formula is C23H31N3O2. The van der Waals surface area contributed by atoms with Crippen molar-refractivity contribution in [3.8, 4) is 0 Å². The molecule has 28 heavy (non-hydrogen) atoms. The molecule has 2 aromatic rings. The molecule has 0 heterocycles. The van der Waals surface area contributed by atoms with Crippen LogP contribution < -0.4 is 15.5 Å². The summed E-state index contributed by atoms with van der Waals surface area (Å²) in [5, 5.41) is 5.87. The predicted molar refractivity (Wildman–Crippen MR) is 115 cm³/mol. The van der Waals surface area contributed by atoms with Gasteiger partial charge in [0.15, 0.2) is 0 Å². The number of amides is 2. The standard InChI is InChI=1S/C23H31N3O2/c1-16(2)14-21(25-22(27)20-9-7-6-8-17(20)3)23(28)24-15-18-10-12-19(13-11-18)26(4)5/h6-13,16,21H,14-15H2,1-5H3,(H,24,28)(H,25,27)/t21-/m0/s1. The molecule has 5 heteroatoms. The Kier molecular flexibility index (Phi) is 7.61. The quantitative estimate of drug-likeness (QED) is 0.735. The lowest BCUT2D eigenvalue weighted by atomic mass is 10.0. The van der Waals surface area contributed by atoms with Crippen LogP contribution in [0, 0.1) is 12.8 Å². The fourth-order valence-corrected chi connectivity index (χ4v) is 2.99. The molecule has 0 fully saturated rings. The maximum absolute atomic E-state index is 12.7. The number of carbonyl (C=O) groups is 2. The van der Waals surface area contributed by atoms with Gasteiger partial charge in [0.25, 0.3) is 5.91 Å². The Morgan fingerprint density at radius 2 is 1.64 bits per heavy atom. The Morgan fingerprint density at radius 1 is 1.00 bits per heavy atom. The summed E-state index contributed by atoms with van der Waals surface area (Å²) in [6.45, 7) is 6.41. The average Bonchev–Trinajstić information content (AvgIpc) is 2.65. The van der Waals surface area contributed by atoms with Crippen molar-refractivity contribution in [3.63, 3.8) is 0 Å². The Bertz CT molecular complexity index is 798. The third-order valence-electron chi connectivity index (χ3n) is 4.64. The van der Waals surface area contributed by atoms with Gasteiger partial charge in [-0.15, -0.1) is 0 Å². The van der Waals surface area contributed by atoms with E-state index in [0.29, 0.717) is 18.5 Å². The summed E-state index contributed by atoms with van der Waals surface area (Å²) < 4.78 is 0. The molecule has 0 bridgehead atoms. The van der Waals surface area contributed by atoms with E-state index in [1.165, 1.54) is 0 Å². The number of carbonyl (C=O) groups excluding carboxylic acids is 2. The van der Waals surface area contributed by atoms with E-state index in [-0.39, 0.29) is 17.7 Å². The normalized spacial score (nSPS) is 11.8. The number of nitrogens with one attached hydrogen (secondary N) is 2. The van der Waals surface area contributed by atoms with Gasteiger partial charge in [-0.2, -0.15) is 0 Å². The largest absolute Gasteiger partial charge is 0.378 e. The van der Waals surface area contributed by atoms with Crippen molar-refractivity contribution in [2.75, 3.05) is 19.0 Å². The van der Waals surface area contributed by atoms with Gasteiger partial charge >= 0.3 is 0 Å². The third-order valence-corrected chi connectivity index (χ3v) is 4.64. The lowest BCUT2D eigenvalue weighted by Crippen LogP contribution is -2.47. The van der Waals surface area contributed by atoms with Gasteiger partial charge in [-0.3, -0.25) is 9.59 Å². The van der Waals surface area contributed by atoms with Gasteiger partial charge in [-0.05, 0) is 48.6 Å². The second-order valence-corrected chi connectivity index (χ2v) is 7.75. The molecule has 0 spiro atoms. The predicted octanol–water partition coefficient (Wildman–Crippen LogP) is 3.52. The van der Waals surface area contributed by atoms with E-state index in [0.717, 1.165) is 16.8 Å². The molecule has 0 radical (unpaired) electrons. The van der Waals surface area contributed by atoms with E-state index in [9.17, 15) is 9.59 Å². The van der Waals surface area contributed by atoms with Crippen molar-refractivity contribution in [1.29, 1.82) is 0 Å². The monoisotopic (exact) mass is 381 g/mol. The molecule has 0 unspecified atom stereocenters. The molecule has 0 aliphatic rings. The van der Waals surface area contributed by atoms with Crippen molar-refractivity contribution < 1.29 is 9.59 Å². The van der Waals surface area contributed by atoms with Crippen molar-refractivity contribution in [3.05, 3.63) is 65.2 Å². The van der Waals surface area contributed by atoms with Gasteiger partial charge in [0.05, 0.1) is 0 Å². The zero-order valence-corrected chi connectivity index (χ0v) is 17.5. The summed E-state index contributed by atoms with van der Waals surface area (Å²) >= 11 is 0. The minimum atomic E-state index is -0.562. The van der Waals surface area contributed by atoms with Gasteiger partial charge in [-0.1, -0.05) is 44.2 Å². The fourth-order valence-electron chi connectivity index (χ4n) is 2.99. The first kappa shape index (κ1) is 21.5.